The monoisotopic (exact) mass is 361 g/mol. The number of rotatable bonds is 5. The average Bonchev–Trinajstić information content (AvgIpc) is 2.71. The third-order valence-electron chi connectivity index (χ3n) is 4.57. The molecule has 1 aromatic carbocycles. The molecule has 1 amide bonds. The van der Waals surface area contributed by atoms with E-state index in [4.69, 9.17) is 15.0 Å². The predicted molar refractivity (Wildman–Crippen MR) is 102 cm³/mol. The number of nitrogens with two attached hydrogens (primary N) is 1. The number of thioether (sulfide) groups is 1. The van der Waals surface area contributed by atoms with Gasteiger partial charge in [-0.2, -0.15) is 0 Å². The Bertz CT molecular complexity index is 699. The fraction of sp³-hybridized carbons (Fsp3) is 0.444. The van der Waals surface area contributed by atoms with E-state index in [2.05, 4.69) is 0 Å². The topological polar surface area (TPSA) is 78.6 Å². The van der Waals surface area contributed by atoms with Crippen LogP contribution in [0.25, 0.3) is 6.08 Å². The molecular weight excluding hydrogens is 337 g/mol. The molecule has 1 aliphatic rings. The van der Waals surface area contributed by atoms with E-state index in [0.717, 1.165) is 5.47 Å². The summed E-state index contributed by atoms with van der Waals surface area (Å²) >= 11 is 1.18. The first-order chi connectivity index (χ1) is 11.5. The zero-order chi connectivity index (χ0) is 18.8. The highest BCUT2D eigenvalue weighted by Crippen LogP contribution is 2.39. The van der Waals surface area contributed by atoms with Crippen LogP contribution in [0.5, 0.6) is 0 Å². The first-order valence-electron chi connectivity index (χ1n) is 8.12. The first-order valence-corrected chi connectivity index (χ1v) is 9.10. The number of amides is 1. The van der Waals surface area contributed by atoms with Crippen molar-refractivity contribution in [3.05, 3.63) is 40.9 Å². The number of carbonyl (C=O) groups is 2. The molecule has 1 aliphatic heterocycles. The molecule has 0 bridgehead atoms. The molecular formula is C18H24BNO4S. The Hall–Kier alpha value is -1.57. The molecule has 0 aromatic heterocycles. The van der Waals surface area contributed by atoms with Gasteiger partial charge in [-0.3, -0.25) is 9.59 Å². The van der Waals surface area contributed by atoms with Crippen molar-refractivity contribution < 1.29 is 18.9 Å². The minimum absolute atomic E-state index is 0.00519. The summed E-state index contributed by atoms with van der Waals surface area (Å²) in [5.41, 5.74) is 6.38. The summed E-state index contributed by atoms with van der Waals surface area (Å²) in [4.78, 5) is 23.1. The quantitative estimate of drug-likeness (QED) is 0.816. The molecule has 0 unspecified atom stereocenters. The molecule has 1 fully saturated rings. The Morgan fingerprint density at radius 2 is 1.72 bits per heavy atom. The molecule has 7 heteroatoms. The van der Waals surface area contributed by atoms with Gasteiger partial charge in [-0.05, 0) is 44.8 Å². The Balaban J connectivity index is 2.41. The molecule has 0 atom stereocenters. The number of hydrogen-bond donors (Lipinski definition) is 1. The first kappa shape index (κ1) is 19.8. The maximum atomic E-state index is 11.7. The molecule has 2 N–H and O–H groups in total. The van der Waals surface area contributed by atoms with Gasteiger partial charge in [0.05, 0.1) is 11.2 Å². The van der Waals surface area contributed by atoms with Gasteiger partial charge in [-0.15, -0.1) is 0 Å². The molecule has 1 heterocycles. The number of benzene rings is 1. The van der Waals surface area contributed by atoms with Gasteiger partial charge in [-0.25, -0.2) is 0 Å². The van der Waals surface area contributed by atoms with E-state index in [1.54, 1.807) is 12.1 Å². The van der Waals surface area contributed by atoms with Crippen molar-refractivity contribution in [1.82, 2.24) is 0 Å². The van der Waals surface area contributed by atoms with Gasteiger partial charge in [0.15, 0.2) is 5.12 Å². The van der Waals surface area contributed by atoms with Crippen LogP contribution in [0.3, 0.4) is 0 Å². The number of hydrogen-bond acceptors (Lipinski definition) is 5. The van der Waals surface area contributed by atoms with Crippen LogP contribution in [0.1, 0.15) is 50.5 Å². The SMILES string of the molecule is CC(=O)SCC(=Cc1ccccc1C(N)=O)B1OC(C)(C)C(C)(C)O1. The van der Waals surface area contributed by atoms with Gasteiger partial charge >= 0.3 is 7.12 Å². The number of primary amides is 1. The predicted octanol–water partition coefficient (Wildman–Crippen LogP) is 3.08. The lowest BCUT2D eigenvalue weighted by atomic mass is 9.78. The van der Waals surface area contributed by atoms with Gasteiger partial charge < -0.3 is 15.0 Å². The molecule has 0 aliphatic carbocycles. The summed E-state index contributed by atoms with van der Waals surface area (Å²) in [7, 11) is -0.585. The van der Waals surface area contributed by atoms with E-state index in [-0.39, 0.29) is 5.12 Å². The Morgan fingerprint density at radius 1 is 1.16 bits per heavy atom. The van der Waals surface area contributed by atoms with Crippen LogP contribution in [0.15, 0.2) is 29.7 Å². The number of carbonyl (C=O) groups excluding carboxylic acids is 2. The van der Waals surface area contributed by atoms with Crippen LogP contribution in [-0.2, 0) is 14.1 Å². The second-order valence-corrected chi connectivity index (χ2v) is 8.19. The van der Waals surface area contributed by atoms with Crippen molar-refractivity contribution in [3.63, 3.8) is 0 Å². The fourth-order valence-electron chi connectivity index (χ4n) is 2.40. The van der Waals surface area contributed by atoms with Gasteiger partial charge in [0.2, 0.25) is 5.91 Å². The molecule has 0 saturated carbocycles. The van der Waals surface area contributed by atoms with Crippen molar-refractivity contribution in [3.8, 4) is 0 Å². The van der Waals surface area contributed by atoms with Gasteiger partial charge in [0.25, 0.3) is 0 Å². The molecule has 5 nitrogen and oxygen atoms in total. The largest absolute Gasteiger partial charge is 0.491 e. The lowest BCUT2D eigenvalue weighted by molar-refractivity contribution is -0.109. The third-order valence-corrected chi connectivity index (χ3v) is 5.45. The smallest absolute Gasteiger partial charge is 0.400 e. The van der Waals surface area contributed by atoms with Crippen LogP contribution >= 0.6 is 11.8 Å². The molecule has 1 aromatic rings. The lowest BCUT2D eigenvalue weighted by Crippen LogP contribution is -2.41. The van der Waals surface area contributed by atoms with Crippen molar-refractivity contribution in [2.24, 2.45) is 5.73 Å². The van der Waals surface area contributed by atoms with Gasteiger partial charge in [0.1, 0.15) is 0 Å². The highest BCUT2D eigenvalue weighted by atomic mass is 32.2. The highest BCUT2D eigenvalue weighted by Gasteiger charge is 2.52. The van der Waals surface area contributed by atoms with E-state index >= 15 is 0 Å². The zero-order valence-corrected chi connectivity index (χ0v) is 16.1. The van der Waals surface area contributed by atoms with Gasteiger partial charge in [0, 0.05) is 18.2 Å². The van der Waals surface area contributed by atoms with Crippen molar-refractivity contribution in [2.45, 2.75) is 45.8 Å². The van der Waals surface area contributed by atoms with E-state index in [9.17, 15) is 9.59 Å². The second kappa shape index (κ2) is 7.36. The Labute approximate surface area is 153 Å². The fourth-order valence-corrected chi connectivity index (χ4v) is 2.99. The summed E-state index contributed by atoms with van der Waals surface area (Å²) in [6, 6.07) is 7.08. The van der Waals surface area contributed by atoms with Crippen LogP contribution in [-0.4, -0.2) is 35.1 Å². The average molecular weight is 361 g/mol. The van der Waals surface area contributed by atoms with Crippen LogP contribution < -0.4 is 5.73 Å². The van der Waals surface area contributed by atoms with Crippen molar-refractivity contribution >= 4 is 36.0 Å². The summed E-state index contributed by atoms with van der Waals surface area (Å²) in [5.74, 6) is -0.0847. The normalized spacial score (nSPS) is 19.1. The summed E-state index contributed by atoms with van der Waals surface area (Å²) in [5, 5.41) is 0.00519. The molecule has 25 heavy (non-hydrogen) atoms. The maximum absolute atomic E-state index is 11.7. The standard InChI is InChI=1S/C18H24BNO4S/c1-12(21)25-11-14(19-23-17(2,3)18(4,5)24-19)10-13-8-6-7-9-15(13)16(20)22/h6-10H,11H2,1-5H3,(H2,20,22). The Morgan fingerprint density at radius 3 is 2.24 bits per heavy atom. The van der Waals surface area contributed by atoms with Crippen LogP contribution in [0.4, 0.5) is 0 Å². The zero-order valence-electron chi connectivity index (χ0n) is 15.3. The Kier molecular flexibility index (Phi) is 5.81. The summed E-state index contributed by atoms with van der Waals surface area (Å²) in [6.45, 7) is 9.41. The van der Waals surface area contributed by atoms with Crippen molar-refractivity contribution in [1.29, 1.82) is 0 Å². The molecule has 1 saturated heterocycles. The summed E-state index contributed by atoms with van der Waals surface area (Å²) in [6.07, 6.45) is 1.83. The van der Waals surface area contributed by atoms with Crippen molar-refractivity contribution in [2.75, 3.05) is 5.75 Å². The highest BCUT2D eigenvalue weighted by molar-refractivity contribution is 8.13. The van der Waals surface area contributed by atoms with E-state index in [1.807, 2.05) is 45.9 Å². The minimum atomic E-state index is -0.585. The van der Waals surface area contributed by atoms with E-state index in [0.29, 0.717) is 16.9 Å². The molecule has 0 spiro atoms. The van der Waals surface area contributed by atoms with Crippen LogP contribution in [0, 0.1) is 0 Å². The minimum Gasteiger partial charge on any atom is -0.400 e. The molecule has 134 valence electrons. The lowest BCUT2D eigenvalue weighted by Gasteiger charge is -2.32. The second-order valence-electron chi connectivity index (χ2n) is 7.04. The van der Waals surface area contributed by atoms with Crippen LogP contribution in [0.2, 0.25) is 0 Å². The maximum Gasteiger partial charge on any atom is 0.491 e. The summed E-state index contributed by atoms with van der Waals surface area (Å²) < 4.78 is 12.2. The van der Waals surface area contributed by atoms with Gasteiger partial charge in [-0.1, -0.05) is 36.0 Å². The van der Waals surface area contributed by atoms with E-state index < -0.39 is 24.2 Å². The third kappa shape index (κ3) is 4.54. The molecule has 0 radical (unpaired) electrons. The van der Waals surface area contributed by atoms with E-state index in [1.165, 1.54) is 18.7 Å². The molecule has 2 rings (SSSR count).